The van der Waals surface area contributed by atoms with Crippen LogP contribution in [0.4, 0.5) is 0 Å². The number of hydrogen-bond donors (Lipinski definition) is 1. The van der Waals surface area contributed by atoms with E-state index >= 15 is 0 Å². The van der Waals surface area contributed by atoms with Gasteiger partial charge < -0.3 is 5.32 Å². The average molecular weight is 167 g/mol. The van der Waals surface area contributed by atoms with Gasteiger partial charge in [0.1, 0.15) is 0 Å². The molecule has 0 aromatic rings. The lowest BCUT2D eigenvalue weighted by Crippen LogP contribution is -2.30. The van der Waals surface area contributed by atoms with Crippen LogP contribution in [0.2, 0.25) is 0 Å². The van der Waals surface area contributed by atoms with Gasteiger partial charge in [-0.05, 0) is 25.2 Å². The highest BCUT2D eigenvalue weighted by Gasteiger charge is 2.53. The molecule has 0 bridgehead atoms. The summed E-state index contributed by atoms with van der Waals surface area (Å²) in [5.41, 5.74) is 0.317. The molecule has 2 unspecified atom stereocenters. The predicted octanol–water partition coefficient (Wildman–Crippen LogP) is 1.56. The lowest BCUT2D eigenvalue weighted by atomic mass is 9.72. The summed E-state index contributed by atoms with van der Waals surface area (Å²) in [4.78, 5) is 11.4. The van der Waals surface area contributed by atoms with Crippen molar-refractivity contribution in [1.82, 2.24) is 5.32 Å². The van der Waals surface area contributed by atoms with Gasteiger partial charge in [0.2, 0.25) is 5.91 Å². The molecule has 12 heavy (non-hydrogen) atoms. The van der Waals surface area contributed by atoms with Crippen molar-refractivity contribution in [1.29, 1.82) is 0 Å². The highest BCUT2D eigenvalue weighted by Crippen LogP contribution is 2.53. The van der Waals surface area contributed by atoms with Gasteiger partial charge >= 0.3 is 0 Å². The Hall–Kier alpha value is -0.530. The fraction of sp³-hybridized carbons (Fsp3) is 0.900. The van der Waals surface area contributed by atoms with Crippen molar-refractivity contribution in [3.05, 3.63) is 0 Å². The van der Waals surface area contributed by atoms with E-state index in [1.807, 2.05) is 0 Å². The molecule has 2 rings (SSSR count). The molecule has 0 aromatic carbocycles. The van der Waals surface area contributed by atoms with Gasteiger partial charge in [-0.25, -0.2) is 0 Å². The molecule has 0 spiro atoms. The summed E-state index contributed by atoms with van der Waals surface area (Å²) in [5, 5.41) is 2.99. The molecule has 1 N–H and O–H groups in total. The zero-order valence-electron chi connectivity index (χ0n) is 7.89. The molecule has 1 heterocycles. The minimum absolute atomic E-state index is 0.245. The molecule has 1 aliphatic carbocycles. The van der Waals surface area contributed by atoms with Gasteiger partial charge in [-0.1, -0.05) is 13.8 Å². The first-order valence-electron chi connectivity index (χ1n) is 4.98. The summed E-state index contributed by atoms with van der Waals surface area (Å²) < 4.78 is 0. The Labute approximate surface area is 73.7 Å². The summed E-state index contributed by atoms with van der Waals surface area (Å²) in [7, 11) is 0. The van der Waals surface area contributed by atoms with Crippen molar-refractivity contribution in [3.8, 4) is 0 Å². The number of hydrogen-bond acceptors (Lipinski definition) is 1. The first-order chi connectivity index (χ1) is 5.70. The zero-order valence-corrected chi connectivity index (χ0v) is 7.89. The maximum Gasteiger partial charge on any atom is 0.223 e. The van der Waals surface area contributed by atoms with Crippen LogP contribution >= 0.6 is 0 Å². The van der Waals surface area contributed by atoms with Crippen molar-refractivity contribution in [3.63, 3.8) is 0 Å². The monoisotopic (exact) mass is 167 g/mol. The van der Waals surface area contributed by atoms with E-state index in [0.717, 1.165) is 18.9 Å². The number of carbonyl (C=O) groups is 1. The summed E-state index contributed by atoms with van der Waals surface area (Å²) in [6.07, 6.45) is 3.83. The third-order valence-electron chi connectivity index (χ3n) is 3.90. The standard InChI is InChI=1S/C10H17NO/c1-3-10(8-4-5-8)6-11-9(12)7(10)2/h7-8H,3-6H2,1-2H3,(H,11,12). The molecule has 2 aliphatic rings. The van der Waals surface area contributed by atoms with Crippen molar-refractivity contribution < 1.29 is 4.79 Å². The highest BCUT2D eigenvalue weighted by molar-refractivity contribution is 5.81. The Balaban J connectivity index is 2.21. The van der Waals surface area contributed by atoms with Crippen LogP contribution < -0.4 is 5.32 Å². The van der Waals surface area contributed by atoms with Gasteiger partial charge in [-0.15, -0.1) is 0 Å². The number of rotatable bonds is 2. The van der Waals surface area contributed by atoms with Crippen LogP contribution in [0.3, 0.4) is 0 Å². The summed E-state index contributed by atoms with van der Waals surface area (Å²) in [6, 6.07) is 0. The van der Waals surface area contributed by atoms with Crippen LogP contribution in [-0.4, -0.2) is 12.5 Å². The van der Waals surface area contributed by atoms with Gasteiger partial charge in [0.25, 0.3) is 0 Å². The van der Waals surface area contributed by atoms with Crippen molar-refractivity contribution >= 4 is 5.91 Å². The molecule has 2 atom stereocenters. The molecule has 0 radical (unpaired) electrons. The Morgan fingerprint density at radius 2 is 2.25 bits per heavy atom. The normalized spacial score (nSPS) is 41.5. The van der Waals surface area contributed by atoms with Crippen molar-refractivity contribution in [2.24, 2.45) is 17.3 Å². The molecule has 1 amide bonds. The molecule has 2 fully saturated rings. The Bertz CT molecular complexity index is 210. The molecular weight excluding hydrogens is 150 g/mol. The molecule has 1 aliphatic heterocycles. The maximum atomic E-state index is 11.4. The summed E-state index contributed by atoms with van der Waals surface area (Å²) >= 11 is 0. The van der Waals surface area contributed by atoms with Crippen LogP contribution in [0.25, 0.3) is 0 Å². The third-order valence-corrected chi connectivity index (χ3v) is 3.90. The van der Waals surface area contributed by atoms with E-state index < -0.39 is 0 Å². The minimum Gasteiger partial charge on any atom is -0.355 e. The SMILES string of the molecule is CCC1(C2CC2)CNC(=O)C1C. The van der Waals surface area contributed by atoms with E-state index in [9.17, 15) is 4.79 Å². The zero-order chi connectivity index (χ0) is 8.77. The second-order valence-corrected chi connectivity index (χ2v) is 4.30. The fourth-order valence-electron chi connectivity index (χ4n) is 2.69. The van der Waals surface area contributed by atoms with E-state index in [1.165, 1.54) is 12.8 Å². The minimum atomic E-state index is 0.245. The van der Waals surface area contributed by atoms with E-state index in [4.69, 9.17) is 0 Å². The van der Waals surface area contributed by atoms with E-state index in [1.54, 1.807) is 0 Å². The highest BCUT2D eigenvalue weighted by atomic mass is 16.2. The fourth-order valence-corrected chi connectivity index (χ4v) is 2.69. The molecule has 0 aromatic heterocycles. The second-order valence-electron chi connectivity index (χ2n) is 4.30. The number of amides is 1. The molecular formula is C10H17NO. The molecule has 2 heteroatoms. The van der Waals surface area contributed by atoms with Crippen LogP contribution in [0, 0.1) is 17.3 Å². The second kappa shape index (κ2) is 2.48. The summed E-state index contributed by atoms with van der Waals surface area (Å²) in [6.45, 7) is 5.23. The molecule has 68 valence electrons. The first kappa shape index (κ1) is 8.09. The van der Waals surface area contributed by atoms with Crippen molar-refractivity contribution in [2.75, 3.05) is 6.54 Å². The topological polar surface area (TPSA) is 29.1 Å². The number of carbonyl (C=O) groups excluding carboxylic acids is 1. The largest absolute Gasteiger partial charge is 0.355 e. The van der Waals surface area contributed by atoms with Gasteiger partial charge in [0, 0.05) is 17.9 Å². The van der Waals surface area contributed by atoms with Crippen LogP contribution in [0.1, 0.15) is 33.1 Å². The Morgan fingerprint density at radius 3 is 2.58 bits per heavy atom. The van der Waals surface area contributed by atoms with Crippen LogP contribution in [0.15, 0.2) is 0 Å². The van der Waals surface area contributed by atoms with E-state index in [0.29, 0.717) is 5.41 Å². The van der Waals surface area contributed by atoms with Crippen LogP contribution in [-0.2, 0) is 4.79 Å². The molecule has 2 nitrogen and oxygen atoms in total. The van der Waals surface area contributed by atoms with Gasteiger partial charge in [-0.2, -0.15) is 0 Å². The van der Waals surface area contributed by atoms with Crippen LogP contribution in [0.5, 0.6) is 0 Å². The van der Waals surface area contributed by atoms with E-state index in [-0.39, 0.29) is 11.8 Å². The average Bonchev–Trinajstić information content (AvgIpc) is 2.86. The van der Waals surface area contributed by atoms with Gasteiger partial charge in [0.15, 0.2) is 0 Å². The molecule has 1 saturated carbocycles. The number of nitrogens with one attached hydrogen (secondary N) is 1. The Kier molecular flexibility index (Phi) is 1.67. The lowest BCUT2D eigenvalue weighted by Gasteiger charge is -2.30. The Morgan fingerprint density at radius 1 is 1.58 bits per heavy atom. The predicted molar refractivity (Wildman–Crippen MR) is 47.6 cm³/mol. The third kappa shape index (κ3) is 0.900. The first-order valence-corrected chi connectivity index (χ1v) is 4.98. The molecule has 1 saturated heterocycles. The van der Waals surface area contributed by atoms with Gasteiger partial charge in [0.05, 0.1) is 0 Å². The lowest BCUT2D eigenvalue weighted by molar-refractivity contribution is -0.123. The quantitative estimate of drug-likeness (QED) is 0.664. The smallest absolute Gasteiger partial charge is 0.223 e. The van der Waals surface area contributed by atoms with Gasteiger partial charge in [-0.3, -0.25) is 4.79 Å². The van der Waals surface area contributed by atoms with E-state index in [2.05, 4.69) is 19.2 Å². The summed E-state index contributed by atoms with van der Waals surface area (Å²) in [5.74, 6) is 1.34. The maximum absolute atomic E-state index is 11.4. The van der Waals surface area contributed by atoms with Crippen molar-refractivity contribution in [2.45, 2.75) is 33.1 Å².